The number of hydrogen-bond donors (Lipinski definition) is 2. The molecule has 5 nitrogen and oxygen atoms in total. The van der Waals surface area contributed by atoms with Crippen LogP contribution < -0.4 is 10.6 Å². The topological polar surface area (TPSA) is 67.2 Å². The summed E-state index contributed by atoms with van der Waals surface area (Å²) in [4.78, 5) is 10.1. The molecule has 0 aromatic heterocycles. The molecule has 5 heteroatoms. The number of anilines is 1. The molecule has 1 unspecified atom stereocenters. The molecule has 1 aliphatic rings. The largest absolute Gasteiger partial charge is 0.385 e. The summed E-state index contributed by atoms with van der Waals surface area (Å²) in [5.74, 6) is 0.652. The van der Waals surface area contributed by atoms with Gasteiger partial charge in [0.25, 0.3) is 5.69 Å². The van der Waals surface area contributed by atoms with Crippen molar-refractivity contribution < 1.29 is 4.92 Å². The van der Waals surface area contributed by atoms with Crippen LogP contribution in [0.25, 0.3) is 0 Å². The van der Waals surface area contributed by atoms with Gasteiger partial charge < -0.3 is 10.6 Å². The number of nitro groups is 1. The van der Waals surface area contributed by atoms with Gasteiger partial charge in [-0.2, -0.15) is 0 Å². The Balaban J connectivity index is 1.84. The average molecular weight is 235 g/mol. The Bertz CT molecular complexity index is 372. The Morgan fingerprint density at radius 3 is 2.76 bits per heavy atom. The number of nitrogens with zero attached hydrogens (tertiary/aromatic N) is 1. The van der Waals surface area contributed by atoms with Gasteiger partial charge in [0, 0.05) is 24.4 Å². The molecule has 0 amide bonds. The van der Waals surface area contributed by atoms with E-state index in [-0.39, 0.29) is 10.6 Å². The lowest BCUT2D eigenvalue weighted by Crippen LogP contribution is -2.33. The summed E-state index contributed by atoms with van der Waals surface area (Å²) in [6.45, 7) is 3.10. The van der Waals surface area contributed by atoms with Crippen molar-refractivity contribution in [2.75, 3.05) is 25.0 Å². The second-order valence-electron chi connectivity index (χ2n) is 4.40. The summed E-state index contributed by atoms with van der Waals surface area (Å²) < 4.78 is 0. The second-order valence-corrected chi connectivity index (χ2v) is 4.40. The van der Waals surface area contributed by atoms with Gasteiger partial charge in [-0.05, 0) is 44.0 Å². The van der Waals surface area contributed by atoms with Crippen molar-refractivity contribution in [3.8, 4) is 0 Å². The van der Waals surface area contributed by atoms with E-state index in [1.807, 2.05) is 0 Å². The zero-order valence-electron chi connectivity index (χ0n) is 9.69. The molecule has 1 aliphatic heterocycles. The number of benzene rings is 1. The van der Waals surface area contributed by atoms with E-state index in [0.717, 1.165) is 25.3 Å². The Kier molecular flexibility index (Phi) is 3.93. The highest BCUT2D eigenvalue weighted by molar-refractivity contribution is 5.48. The van der Waals surface area contributed by atoms with Crippen molar-refractivity contribution in [2.24, 2.45) is 5.92 Å². The normalized spacial score (nSPS) is 19.9. The first kappa shape index (κ1) is 11.9. The summed E-state index contributed by atoms with van der Waals surface area (Å²) >= 11 is 0. The minimum absolute atomic E-state index is 0.134. The van der Waals surface area contributed by atoms with Gasteiger partial charge in [-0.15, -0.1) is 0 Å². The van der Waals surface area contributed by atoms with E-state index in [1.165, 1.54) is 25.0 Å². The van der Waals surface area contributed by atoms with Gasteiger partial charge in [0.15, 0.2) is 0 Å². The van der Waals surface area contributed by atoms with Crippen LogP contribution in [0.4, 0.5) is 11.4 Å². The van der Waals surface area contributed by atoms with Crippen LogP contribution in [0.5, 0.6) is 0 Å². The van der Waals surface area contributed by atoms with E-state index in [9.17, 15) is 10.1 Å². The fourth-order valence-electron chi connectivity index (χ4n) is 2.06. The van der Waals surface area contributed by atoms with Crippen molar-refractivity contribution in [1.82, 2.24) is 5.32 Å². The molecule has 1 aromatic carbocycles. The number of piperidine rings is 1. The highest BCUT2D eigenvalue weighted by Gasteiger charge is 2.12. The van der Waals surface area contributed by atoms with Gasteiger partial charge in [-0.3, -0.25) is 10.1 Å². The van der Waals surface area contributed by atoms with Gasteiger partial charge in [0.05, 0.1) is 4.92 Å². The highest BCUT2D eigenvalue weighted by Crippen LogP contribution is 2.17. The minimum Gasteiger partial charge on any atom is -0.385 e. The molecule has 0 bridgehead atoms. The summed E-state index contributed by atoms with van der Waals surface area (Å²) in [5, 5.41) is 17.2. The molecule has 17 heavy (non-hydrogen) atoms. The van der Waals surface area contributed by atoms with Gasteiger partial charge in [0.1, 0.15) is 0 Å². The zero-order valence-corrected chi connectivity index (χ0v) is 9.69. The Morgan fingerprint density at radius 1 is 1.41 bits per heavy atom. The molecular weight excluding hydrogens is 218 g/mol. The maximum absolute atomic E-state index is 10.5. The van der Waals surface area contributed by atoms with Crippen molar-refractivity contribution in [3.05, 3.63) is 34.4 Å². The SMILES string of the molecule is O=[N+]([O-])c1ccc(NCC2CCCNC2)cc1. The average Bonchev–Trinajstić information content (AvgIpc) is 2.38. The third kappa shape index (κ3) is 3.42. The minimum atomic E-state index is -0.380. The lowest BCUT2D eigenvalue weighted by atomic mass is 10.00. The van der Waals surface area contributed by atoms with Gasteiger partial charge in [0.2, 0.25) is 0 Å². The molecule has 1 atom stereocenters. The first-order valence-corrected chi connectivity index (χ1v) is 5.95. The number of non-ortho nitro benzene ring substituents is 1. The molecule has 1 aromatic rings. The maximum atomic E-state index is 10.5. The van der Waals surface area contributed by atoms with Gasteiger partial charge >= 0.3 is 0 Å². The zero-order chi connectivity index (χ0) is 12.1. The van der Waals surface area contributed by atoms with E-state index in [1.54, 1.807) is 12.1 Å². The Hall–Kier alpha value is -1.62. The quantitative estimate of drug-likeness (QED) is 0.618. The van der Waals surface area contributed by atoms with Crippen LogP contribution in [0.1, 0.15) is 12.8 Å². The van der Waals surface area contributed by atoms with Gasteiger partial charge in [-0.1, -0.05) is 0 Å². The number of nitro benzene ring substituents is 1. The number of nitrogens with one attached hydrogen (secondary N) is 2. The lowest BCUT2D eigenvalue weighted by Gasteiger charge is -2.23. The van der Waals surface area contributed by atoms with Crippen LogP contribution in [-0.2, 0) is 0 Å². The van der Waals surface area contributed by atoms with Crippen molar-refractivity contribution >= 4 is 11.4 Å². The Morgan fingerprint density at radius 2 is 2.18 bits per heavy atom. The number of hydrogen-bond acceptors (Lipinski definition) is 4. The van der Waals surface area contributed by atoms with Crippen LogP contribution in [0.2, 0.25) is 0 Å². The van der Waals surface area contributed by atoms with Crippen LogP contribution in [0, 0.1) is 16.0 Å². The molecule has 2 rings (SSSR count). The van der Waals surface area contributed by atoms with Crippen molar-refractivity contribution in [1.29, 1.82) is 0 Å². The molecule has 1 fully saturated rings. The van der Waals surface area contributed by atoms with Gasteiger partial charge in [-0.25, -0.2) is 0 Å². The maximum Gasteiger partial charge on any atom is 0.269 e. The summed E-state index contributed by atoms with van der Waals surface area (Å²) in [7, 11) is 0. The number of rotatable bonds is 4. The predicted molar refractivity (Wildman–Crippen MR) is 67.2 cm³/mol. The summed E-state index contributed by atoms with van der Waals surface area (Å²) in [6, 6.07) is 6.58. The predicted octanol–water partition coefficient (Wildman–Crippen LogP) is 2.01. The first-order valence-electron chi connectivity index (χ1n) is 5.95. The fourth-order valence-corrected chi connectivity index (χ4v) is 2.06. The summed E-state index contributed by atoms with van der Waals surface area (Å²) in [5.41, 5.74) is 1.08. The lowest BCUT2D eigenvalue weighted by molar-refractivity contribution is -0.384. The molecule has 1 saturated heterocycles. The molecule has 0 radical (unpaired) electrons. The standard InChI is InChI=1S/C12H17N3O2/c16-15(17)12-5-3-11(4-6-12)14-9-10-2-1-7-13-8-10/h3-6,10,13-14H,1-2,7-9H2. The second kappa shape index (κ2) is 5.63. The molecule has 0 spiro atoms. The van der Waals surface area contributed by atoms with Crippen molar-refractivity contribution in [2.45, 2.75) is 12.8 Å². The molecule has 0 saturated carbocycles. The van der Waals surface area contributed by atoms with E-state index >= 15 is 0 Å². The molecule has 1 heterocycles. The van der Waals surface area contributed by atoms with Crippen LogP contribution in [0.3, 0.4) is 0 Å². The smallest absolute Gasteiger partial charge is 0.269 e. The highest BCUT2D eigenvalue weighted by atomic mass is 16.6. The summed E-state index contributed by atoms with van der Waals surface area (Å²) in [6.07, 6.45) is 2.47. The Labute approximate surface area is 100 Å². The monoisotopic (exact) mass is 235 g/mol. The first-order chi connectivity index (χ1) is 8.25. The van der Waals surface area contributed by atoms with Crippen molar-refractivity contribution in [3.63, 3.8) is 0 Å². The molecule has 92 valence electrons. The fraction of sp³-hybridized carbons (Fsp3) is 0.500. The third-order valence-electron chi connectivity index (χ3n) is 3.07. The van der Waals surface area contributed by atoms with E-state index < -0.39 is 0 Å². The molecular formula is C12H17N3O2. The molecule has 0 aliphatic carbocycles. The van der Waals surface area contributed by atoms with Crippen LogP contribution in [0.15, 0.2) is 24.3 Å². The van der Waals surface area contributed by atoms with E-state index in [2.05, 4.69) is 10.6 Å². The third-order valence-corrected chi connectivity index (χ3v) is 3.07. The van der Waals surface area contributed by atoms with E-state index in [4.69, 9.17) is 0 Å². The molecule has 2 N–H and O–H groups in total. The van der Waals surface area contributed by atoms with Crippen LogP contribution >= 0.6 is 0 Å². The van der Waals surface area contributed by atoms with Crippen LogP contribution in [-0.4, -0.2) is 24.6 Å². The van der Waals surface area contributed by atoms with E-state index in [0.29, 0.717) is 5.92 Å².